The molecule has 0 heterocycles. The van der Waals surface area contributed by atoms with Crippen molar-refractivity contribution < 1.29 is 9.90 Å². The standard InChI is InChI=1S/C12H13Cl3O2/c13-8-6-10(14)9(11(15)7-8)4-2-1-3-5-12(16)17/h6-7H,1-5H2,(H,16,17). The first-order chi connectivity index (χ1) is 8.00. The Morgan fingerprint density at radius 3 is 2.18 bits per heavy atom. The molecule has 0 bridgehead atoms. The van der Waals surface area contributed by atoms with E-state index in [1.807, 2.05) is 0 Å². The van der Waals surface area contributed by atoms with Gasteiger partial charge >= 0.3 is 5.97 Å². The second kappa shape index (κ2) is 7.10. The minimum Gasteiger partial charge on any atom is -0.481 e. The smallest absolute Gasteiger partial charge is 0.303 e. The lowest BCUT2D eigenvalue weighted by Gasteiger charge is -2.07. The highest BCUT2D eigenvalue weighted by molar-refractivity contribution is 6.39. The summed E-state index contributed by atoms with van der Waals surface area (Å²) >= 11 is 17.9. The highest BCUT2D eigenvalue weighted by atomic mass is 35.5. The maximum atomic E-state index is 10.3. The largest absolute Gasteiger partial charge is 0.481 e. The van der Waals surface area contributed by atoms with Crippen LogP contribution < -0.4 is 0 Å². The van der Waals surface area contributed by atoms with Gasteiger partial charge in [-0.2, -0.15) is 0 Å². The SMILES string of the molecule is O=C(O)CCCCCc1c(Cl)cc(Cl)cc1Cl. The molecule has 0 aliphatic rings. The highest BCUT2D eigenvalue weighted by Gasteiger charge is 2.07. The maximum absolute atomic E-state index is 10.3. The van der Waals surface area contributed by atoms with Crippen LogP contribution in [0.25, 0.3) is 0 Å². The first kappa shape index (κ1) is 14.6. The van der Waals surface area contributed by atoms with Crippen LogP contribution in [0.4, 0.5) is 0 Å². The van der Waals surface area contributed by atoms with E-state index in [1.54, 1.807) is 12.1 Å². The van der Waals surface area contributed by atoms with Gasteiger partial charge < -0.3 is 5.11 Å². The number of hydrogen-bond donors (Lipinski definition) is 1. The van der Waals surface area contributed by atoms with Gasteiger partial charge in [0.2, 0.25) is 0 Å². The lowest BCUT2D eigenvalue weighted by atomic mass is 10.1. The highest BCUT2D eigenvalue weighted by Crippen LogP contribution is 2.30. The molecule has 0 amide bonds. The van der Waals surface area contributed by atoms with Gasteiger partial charge in [0.25, 0.3) is 0 Å². The molecular formula is C12H13Cl3O2. The van der Waals surface area contributed by atoms with Crippen LogP contribution in [0.1, 0.15) is 31.2 Å². The van der Waals surface area contributed by atoms with Gasteiger partial charge in [0.15, 0.2) is 0 Å². The fraction of sp³-hybridized carbons (Fsp3) is 0.417. The Morgan fingerprint density at radius 2 is 1.65 bits per heavy atom. The first-order valence-corrected chi connectivity index (χ1v) is 6.49. The van der Waals surface area contributed by atoms with E-state index >= 15 is 0 Å². The zero-order chi connectivity index (χ0) is 12.8. The molecule has 2 nitrogen and oxygen atoms in total. The molecule has 0 radical (unpaired) electrons. The summed E-state index contributed by atoms with van der Waals surface area (Å²) in [4.78, 5) is 10.3. The zero-order valence-corrected chi connectivity index (χ0v) is 11.4. The summed E-state index contributed by atoms with van der Waals surface area (Å²) in [6.07, 6.45) is 3.35. The predicted molar refractivity (Wildman–Crippen MR) is 71.3 cm³/mol. The van der Waals surface area contributed by atoms with Crippen LogP contribution in [0.2, 0.25) is 15.1 Å². The molecule has 5 heteroatoms. The maximum Gasteiger partial charge on any atom is 0.303 e. The Kier molecular flexibility index (Phi) is 6.10. The Labute approximate surface area is 115 Å². The van der Waals surface area contributed by atoms with Crippen molar-refractivity contribution in [1.82, 2.24) is 0 Å². The molecule has 0 saturated heterocycles. The molecule has 17 heavy (non-hydrogen) atoms. The summed E-state index contributed by atoms with van der Waals surface area (Å²) in [5.74, 6) is -0.757. The number of rotatable bonds is 6. The number of halogens is 3. The van der Waals surface area contributed by atoms with Crippen LogP contribution in [0.15, 0.2) is 12.1 Å². The van der Waals surface area contributed by atoms with Gasteiger partial charge in [0.1, 0.15) is 0 Å². The third kappa shape index (κ3) is 5.15. The van der Waals surface area contributed by atoms with E-state index in [9.17, 15) is 4.79 Å². The van der Waals surface area contributed by atoms with Crippen molar-refractivity contribution in [3.8, 4) is 0 Å². The predicted octanol–water partition coefficient (Wildman–Crippen LogP) is 4.83. The second-order valence-electron chi connectivity index (χ2n) is 3.80. The summed E-state index contributed by atoms with van der Waals surface area (Å²) in [5, 5.41) is 10.2. The third-order valence-electron chi connectivity index (χ3n) is 2.42. The van der Waals surface area contributed by atoms with Gasteiger partial charge in [-0.25, -0.2) is 0 Å². The van der Waals surface area contributed by atoms with Gasteiger partial charge in [-0.3, -0.25) is 4.79 Å². The molecule has 0 aromatic heterocycles. The van der Waals surface area contributed by atoms with Crippen molar-refractivity contribution in [2.24, 2.45) is 0 Å². The van der Waals surface area contributed by atoms with E-state index in [4.69, 9.17) is 39.9 Å². The fourth-order valence-electron chi connectivity index (χ4n) is 1.57. The molecule has 1 N–H and O–H groups in total. The topological polar surface area (TPSA) is 37.3 Å². The van der Waals surface area contributed by atoms with E-state index in [-0.39, 0.29) is 6.42 Å². The van der Waals surface area contributed by atoms with Gasteiger partial charge in [-0.15, -0.1) is 0 Å². The average Bonchev–Trinajstić information content (AvgIpc) is 2.20. The van der Waals surface area contributed by atoms with Gasteiger partial charge in [0, 0.05) is 21.5 Å². The summed E-state index contributed by atoms with van der Waals surface area (Å²) in [7, 11) is 0. The normalized spacial score (nSPS) is 10.5. The summed E-state index contributed by atoms with van der Waals surface area (Å²) in [6, 6.07) is 3.34. The van der Waals surface area contributed by atoms with Crippen LogP contribution in [0.5, 0.6) is 0 Å². The fourth-order valence-corrected chi connectivity index (χ4v) is 2.57. The zero-order valence-electron chi connectivity index (χ0n) is 9.18. The van der Waals surface area contributed by atoms with Crippen molar-refractivity contribution in [2.45, 2.75) is 32.1 Å². The quantitative estimate of drug-likeness (QED) is 0.763. The third-order valence-corrected chi connectivity index (χ3v) is 3.32. The number of hydrogen-bond acceptors (Lipinski definition) is 1. The number of benzene rings is 1. The van der Waals surface area contributed by atoms with Crippen LogP contribution in [0.3, 0.4) is 0 Å². The van der Waals surface area contributed by atoms with E-state index in [1.165, 1.54) is 0 Å². The van der Waals surface area contributed by atoms with Gasteiger partial charge in [0.05, 0.1) is 0 Å². The Hall–Kier alpha value is -0.440. The summed E-state index contributed by atoms with van der Waals surface area (Å²) in [5.41, 5.74) is 0.882. The molecule has 0 unspecified atom stereocenters. The number of aliphatic carboxylic acids is 1. The van der Waals surface area contributed by atoms with Crippen molar-refractivity contribution in [3.63, 3.8) is 0 Å². The molecule has 1 rings (SSSR count). The van der Waals surface area contributed by atoms with Crippen molar-refractivity contribution in [3.05, 3.63) is 32.8 Å². The van der Waals surface area contributed by atoms with Gasteiger partial charge in [-0.05, 0) is 37.0 Å². The van der Waals surface area contributed by atoms with Crippen LogP contribution in [-0.4, -0.2) is 11.1 Å². The Morgan fingerprint density at radius 1 is 1.06 bits per heavy atom. The molecular weight excluding hydrogens is 282 g/mol. The van der Waals surface area contributed by atoms with Crippen LogP contribution in [0, 0.1) is 0 Å². The Balaban J connectivity index is 2.44. The van der Waals surface area contributed by atoms with E-state index in [0.717, 1.165) is 24.8 Å². The molecule has 94 valence electrons. The van der Waals surface area contributed by atoms with Crippen LogP contribution >= 0.6 is 34.8 Å². The lowest BCUT2D eigenvalue weighted by molar-refractivity contribution is -0.137. The van der Waals surface area contributed by atoms with E-state index in [0.29, 0.717) is 21.5 Å². The summed E-state index contributed by atoms with van der Waals surface area (Å²) < 4.78 is 0. The number of unbranched alkanes of at least 4 members (excludes halogenated alkanes) is 2. The monoisotopic (exact) mass is 294 g/mol. The van der Waals surface area contributed by atoms with Crippen molar-refractivity contribution in [1.29, 1.82) is 0 Å². The molecule has 1 aromatic carbocycles. The molecule has 1 aromatic rings. The molecule has 0 spiro atoms. The van der Waals surface area contributed by atoms with Crippen LogP contribution in [-0.2, 0) is 11.2 Å². The minimum atomic E-state index is -0.757. The first-order valence-electron chi connectivity index (χ1n) is 5.36. The van der Waals surface area contributed by atoms with E-state index < -0.39 is 5.97 Å². The van der Waals surface area contributed by atoms with E-state index in [2.05, 4.69) is 0 Å². The number of carboxylic acids is 1. The molecule has 0 atom stereocenters. The molecule has 0 fully saturated rings. The summed E-state index contributed by atoms with van der Waals surface area (Å²) in [6.45, 7) is 0. The average molecular weight is 296 g/mol. The molecule has 0 aliphatic heterocycles. The van der Waals surface area contributed by atoms with Crippen molar-refractivity contribution in [2.75, 3.05) is 0 Å². The number of carbonyl (C=O) groups is 1. The van der Waals surface area contributed by atoms with Gasteiger partial charge in [-0.1, -0.05) is 41.2 Å². The minimum absolute atomic E-state index is 0.210. The lowest BCUT2D eigenvalue weighted by Crippen LogP contribution is -1.95. The Bertz CT molecular complexity index is 382. The molecule has 0 saturated carbocycles. The number of carboxylic acid groups (broad SMARTS) is 1. The molecule has 0 aliphatic carbocycles. The van der Waals surface area contributed by atoms with Crippen molar-refractivity contribution >= 4 is 40.8 Å². The second-order valence-corrected chi connectivity index (χ2v) is 5.05.